The van der Waals surface area contributed by atoms with E-state index in [2.05, 4.69) is 5.32 Å². The summed E-state index contributed by atoms with van der Waals surface area (Å²) < 4.78 is 0. The maximum atomic E-state index is 10.9. The van der Waals surface area contributed by atoms with Crippen LogP contribution in [-0.2, 0) is 11.2 Å². The zero-order valence-electron chi connectivity index (χ0n) is 7.66. The number of carbonyl (C=O) groups excluding carboxylic acids is 1. The third-order valence-electron chi connectivity index (χ3n) is 1.97. The molecule has 0 spiro atoms. The lowest BCUT2D eigenvalue weighted by Gasteiger charge is -2.11. The van der Waals surface area contributed by atoms with Gasteiger partial charge in [-0.05, 0) is 19.0 Å². The molecule has 0 unspecified atom stereocenters. The van der Waals surface area contributed by atoms with Crippen molar-refractivity contribution < 1.29 is 4.79 Å². The second-order valence-corrected chi connectivity index (χ2v) is 2.93. The lowest BCUT2D eigenvalue weighted by Crippen LogP contribution is -2.40. The van der Waals surface area contributed by atoms with Crippen LogP contribution < -0.4 is 11.1 Å². The Labute approximate surface area is 77.9 Å². The largest absolute Gasteiger partial charge is 0.368 e. The van der Waals surface area contributed by atoms with Crippen molar-refractivity contribution in [2.45, 2.75) is 12.5 Å². The van der Waals surface area contributed by atoms with Crippen molar-refractivity contribution in [2.75, 3.05) is 7.05 Å². The second-order valence-electron chi connectivity index (χ2n) is 2.93. The number of carbonyl (C=O) groups is 1. The summed E-state index contributed by atoms with van der Waals surface area (Å²) in [5.74, 6) is -0.314. The molecule has 0 aliphatic heterocycles. The highest BCUT2D eigenvalue weighted by Gasteiger charge is 2.12. The molecule has 3 heteroatoms. The van der Waals surface area contributed by atoms with Gasteiger partial charge in [-0.1, -0.05) is 30.3 Å². The first-order valence-corrected chi connectivity index (χ1v) is 4.24. The molecule has 1 aromatic carbocycles. The van der Waals surface area contributed by atoms with E-state index in [0.717, 1.165) is 5.56 Å². The fraction of sp³-hybridized carbons (Fsp3) is 0.300. The van der Waals surface area contributed by atoms with Gasteiger partial charge in [-0.3, -0.25) is 4.79 Å². The van der Waals surface area contributed by atoms with E-state index in [0.29, 0.717) is 6.42 Å². The molecule has 0 aliphatic rings. The van der Waals surface area contributed by atoms with Crippen LogP contribution in [0.25, 0.3) is 0 Å². The van der Waals surface area contributed by atoms with Crippen LogP contribution in [0, 0.1) is 0 Å². The number of nitrogens with two attached hydrogens (primary N) is 1. The van der Waals surface area contributed by atoms with E-state index in [1.165, 1.54) is 0 Å². The number of rotatable bonds is 4. The molecule has 0 bridgehead atoms. The Bertz CT molecular complexity index is 272. The lowest BCUT2D eigenvalue weighted by molar-refractivity contribution is -0.119. The summed E-state index contributed by atoms with van der Waals surface area (Å²) in [7, 11) is 1.73. The number of nitrogens with one attached hydrogen (secondary N) is 1. The number of hydrogen-bond acceptors (Lipinski definition) is 2. The average Bonchev–Trinajstić information content (AvgIpc) is 2.15. The van der Waals surface area contributed by atoms with Crippen LogP contribution in [0.1, 0.15) is 5.56 Å². The molecule has 70 valence electrons. The van der Waals surface area contributed by atoms with Crippen LogP contribution in [0.2, 0.25) is 0 Å². The average molecular weight is 178 g/mol. The zero-order valence-corrected chi connectivity index (χ0v) is 7.66. The van der Waals surface area contributed by atoms with Crippen LogP contribution >= 0.6 is 0 Å². The van der Waals surface area contributed by atoms with Crippen molar-refractivity contribution in [1.82, 2.24) is 5.32 Å². The fourth-order valence-electron chi connectivity index (χ4n) is 1.19. The molecule has 3 nitrogen and oxygen atoms in total. The molecule has 0 saturated carbocycles. The SMILES string of the molecule is CN[C@@H](Cc1ccccc1)C(N)=O. The van der Waals surface area contributed by atoms with Crippen molar-refractivity contribution in [3.63, 3.8) is 0 Å². The Morgan fingerprint density at radius 2 is 2.08 bits per heavy atom. The van der Waals surface area contributed by atoms with Gasteiger partial charge in [0, 0.05) is 0 Å². The van der Waals surface area contributed by atoms with E-state index in [1.54, 1.807) is 7.05 Å². The minimum Gasteiger partial charge on any atom is -0.368 e. The van der Waals surface area contributed by atoms with Gasteiger partial charge >= 0.3 is 0 Å². The Balaban J connectivity index is 2.62. The predicted molar refractivity (Wildman–Crippen MR) is 52.2 cm³/mol. The third kappa shape index (κ3) is 2.87. The summed E-state index contributed by atoms with van der Waals surface area (Å²) >= 11 is 0. The third-order valence-corrected chi connectivity index (χ3v) is 1.97. The molecule has 1 rings (SSSR count). The molecule has 1 amide bonds. The topological polar surface area (TPSA) is 55.1 Å². The molecule has 0 saturated heterocycles. The Morgan fingerprint density at radius 1 is 1.46 bits per heavy atom. The number of hydrogen-bond donors (Lipinski definition) is 2. The summed E-state index contributed by atoms with van der Waals surface area (Å²) in [6, 6.07) is 9.52. The fourth-order valence-corrected chi connectivity index (χ4v) is 1.19. The lowest BCUT2D eigenvalue weighted by atomic mass is 10.1. The highest BCUT2D eigenvalue weighted by Crippen LogP contribution is 2.02. The first kappa shape index (κ1) is 9.74. The summed E-state index contributed by atoms with van der Waals surface area (Å²) in [6.45, 7) is 0. The maximum absolute atomic E-state index is 10.9. The van der Waals surface area contributed by atoms with Gasteiger partial charge in [0.1, 0.15) is 0 Å². The van der Waals surface area contributed by atoms with Crippen LogP contribution in [0.4, 0.5) is 0 Å². The van der Waals surface area contributed by atoms with E-state index in [1.807, 2.05) is 30.3 Å². The normalized spacial score (nSPS) is 12.4. The molecule has 1 atom stereocenters. The molecule has 0 radical (unpaired) electrons. The highest BCUT2D eigenvalue weighted by molar-refractivity contribution is 5.80. The molecule has 0 heterocycles. The van der Waals surface area contributed by atoms with Gasteiger partial charge in [-0.2, -0.15) is 0 Å². The van der Waals surface area contributed by atoms with Crippen LogP contribution in [0.3, 0.4) is 0 Å². The van der Waals surface area contributed by atoms with E-state index in [9.17, 15) is 4.79 Å². The number of amides is 1. The molecule has 13 heavy (non-hydrogen) atoms. The molecule has 0 fully saturated rings. The summed E-state index contributed by atoms with van der Waals surface area (Å²) in [5, 5.41) is 2.88. The van der Waals surface area contributed by atoms with Gasteiger partial charge < -0.3 is 11.1 Å². The number of primary amides is 1. The first-order valence-electron chi connectivity index (χ1n) is 4.24. The van der Waals surface area contributed by atoms with Gasteiger partial charge in [0.05, 0.1) is 6.04 Å². The maximum Gasteiger partial charge on any atom is 0.234 e. The second kappa shape index (κ2) is 4.62. The van der Waals surface area contributed by atoms with E-state index < -0.39 is 0 Å². The smallest absolute Gasteiger partial charge is 0.234 e. The van der Waals surface area contributed by atoms with E-state index in [4.69, 9.17) is 5.73 Å². The Kier molecular flexibility index (Phi) is 3.46. The first-order chi connectivity index (χ1) is 6.24. The van der Waals surface area contributed by atoms with Gasteiger partial charge in [-0.15, -0.1) is 0 Å². The van der Waals surface area contributed by atoms with Gasteiger partial charge in [0.25, 0.3) is 0 Å². The van der Waals surface area contributed by atoms with Crippen molar-refractivity contribution in [1.29, 1.82) is 0 Å². The van der Waals surface area contributed by atoms with Gasteiger partial charge in [0.15, 0.2) is 0 Å². The van der Waals surface area contributed by atoms with E-state index >= 15 is 0 Å². The highest BCUT2D eigenvalue weighted by atomic mass is 16.1. The van der Waals surface area contributed by atoms with Crippen molar-refractivity contribution in [2.24, 2.45) is 5.73 Å². The summed E-state index contributed by atoms with van der Waals surface area (Å²) in [5.41, 5.74) is 6.31. The van der Waals surface area contributed by atoms with Crippen molar-refractivity contribution in [3.8, 4) is 0 Å². The van der Waals surface area contributed by atoms with Gasteiger partial charge in [0.2, 0.25) is 5.91 Å². The van der Waals surface area contributed by atoms with E-state index in [-0.39, 0.29) is 11.9 Å². The zero-order chi connectivity index (χ0) is 9.68. The molecular weight excluding hydrogens is 164 g/mol. The molecular formula is C10H14N2O. The minimum atomic E-state index is -0.314. The predicted octanol–water partition coefficient (Wildman–Crippen LogP) is 0.302. The minimum absolute atomic E-state index is 0.276. The standard InChI is InChI=1S/C10H14N2O/c1-12-9(10(11)13)7-8-5-3-2-4-6-8/h2-6,9,12H,7H2,1H3,(H2,11,13)/t9-/m0/s1. The number of likely N-dealkylation sites (N-methyl/N-ethyl adjacent to an activating group) is 1. The Morgan fingerprint density at radius 3 is 2.54 bits per heavy atom. The van der Waals surface area contributed by atoms with Crippen LogP contribution in [-0.4, -0.2) is 19.0 Å². The number of benzene rings is 1. The van der Waals surface area contributed by atoms with Crippen LogP contribution in [0.5, 0.6) is 0 Å². The monoisotopic (exact) mass is 178 g/mol. The molecule has 0 aromatic heterocycles. The summed E-state index contributed by atoms with van der Waals surface area (Å²) in [4.78, 5) is 10.9. The Hall–Kier alpha value is -1.35. The molecule has 0 aliphatic carbocycles. The van der Waals surface area contributed by atoms with Gasteiger partial charge in [-0.25, -0.2) is 0 Å². The quantitative estimate of drug-likeness (QED) is 0.697. The van der Waals surface area contributed by atoms with Crippen molar-refractivity contribution in [3.05, 3.63) is 35.9 Å². The van der Waals surface area contributed by atoms with Crippen molar-refractivity contribution >= 4 is 5.91 Å². The summed E-state index contributed by atoms with van der Waals surface area (Å²) in [6.07, 6.45) is 0.646. The van der Waals surface area contributed by atoms with Crippen LogP contribution in [0.15, 0.2) is 30.3 Å². The molecule has 1 aromatic rings. The molecule has 3 N–H and O–H groups in total.